The van der Waals surface area contributed by atoms with E-state index in [-0.39, 0.29) is 0 Å². The molecule has 0 spiro atoms. The monoisotopic (exact) mass is 157 g/mol. The highest BCUT2D eigenvalue weighted by atomic mass is 16.4. The first kappa shape index (κ1) is 7.87. The van der Waals surface area contributed by atoms with Gasteiger partial charge in [0.25, 0.3) is 0 Å². The van der Waals surface area contributed by atoms with Crippen molar-refractivity contribution in [2.45, 2.75) is 12.5 Å². The molecule has 0 saturated carbocycles. The number of rotatable bonds is 3. The summed E-state index contributed by atoms with van der Waals surface area (Å²) in [5.74, 6) is -0.973. The van der Waals surface area contributed by atoms with Crippen molar-refractivity contribution < 1.29 is 9.90 Å². The number of nitrogens with two attached hydrogens (primary N) is 1. The zero-order valence-corrected chi connectivity index (χ0v) is 6.00. The van der Waals surface area contributed by atoms with Gasteiger partial charge in [-0.3, -0.25) is 4.79 Å². The third-order valence-corrected chi connectivity index (χ3v) is 1.45. The van der Waals surface area contributed by atoms with Crippen molar-refractivity contribution in [3.8, 4) is 0 Å². The average molecular weight is 157 g/mol. The van der Waals surface area contributed by atoms with E-state index in [1.54, 1.807) is 6.20 Å². The van der Waals surface area contributed by atoms with Gasteiger partial charge in [-0.05, 0) is 0 Å². The second-order valence-electron chi connectivity index (χ2n) is 2.38. The highest BCUT2D eigenvalue weighted by molar-refractivity contribution is 5.73. The molecule has 62 valence electrons. The quantitative estimate of drug-likeness (QED) is 0.412. The van der Waals surface area contributed by atoms with Gasteiger partial charge >= 0.3 is 5.97 Å². The van der Waals surface area contributed by atoms with Crippen LogP contribution < -0.4 is 16.4 Å². The summed E-state index contributed by atoms with van der Waals surface area (Å²) in [5.41, 5.74) is 6.14. The fourth-order valence-electron chi connectivity index (χ4n) is 0.845. The summed E-state index contributed by atoms with van der Waals surface area (Å²) >= 11 is 0. The lowest BCUT2D eigenvalue weighted by atomic mass is 10.2. The molecule has 0 aromatic heterocycles. The molecule has 5 nitrogen and oxygen atoms in total. The second kappa shape index (κ2) is 3.25. The zero-order chi connectivity index (χ0) is 8.27. The van der Waals surface area contributed by atoms with Crippen molar-refractivity contribution in [3.05, 3.63) is 11.9 Å². The van der Waals surface area contributed by atoms with Gasteiger partial charge in [-0.25, -0.2) is 0 Å². The Balaban J connectivity index is 2.35. The van der Waals surface area contributed by atoms with Crippen molar-refractivity contribution in [2.75, 3.05) is 6.67 Å². The Hall–Kier alpha value is -1.23. The average Bonchev–Trinajstić information content (AvgIpc) is 2.39. The molecule has 1 aliphatic rings. The van der Waals surface area contributed by atoms with Crippen LogP contribution in [0.15, 0.2) is 11.9 Å². The topological polar surface area (TPSA) is 87.4 Å². The summed E-state index contributed by atoms with van der Waals surface area (Å²) in [6, 6.07) is -0.811. The Bertz CT molecular complexity index is 190. The fourth-order valence-corrected chi connectivity index (χ4v) is 0.845. The highest BCUT2D eigenvalue weighted by Crippen LogP contribution is 2.01. The van der Waals surface area contributed by atoms with Crippen molar-refractivity contribution in [2.24, 2.45) is 5.73 Å². The van der Waals surface area contributed by atoms with Crippen LogP contribution >= 0.6 is 0 Å². The number of aliphatic carboxylic acids is 1. The van der Waals surface area contributed by atoms with Crippen molar-refractivity contribution in [1.82, 2.24) is 10.6 Å². The Morgan fingerprint density at radius 2 is 2.64 bits per heavy atom. The number of hydrogen-bond acceptors (Lipinski definition) is 4. The summed E-state index contributed by atoms with van der Waals surface area (Å²) < 4.78 is 0. The number of hydrogen-bond donors (Lipinski definition) is 4. The maximum Gasteiger partial charge on any atom is 0.320 e. The Morgan fingerprint density at radius 1 is 1.91 bits per heavy atom. The highest BCUT2D eigenvalue weighted by Gasteiger charge is 2.14. The van der Waals surface area contributed by atoms with Crippen LogP contribution in [0, 0.1) is 0 Å². The van der Waals surface area contributed by atoms with Gasteiger partial charge in [0.15, 0.2) is 0 Å². The molecule has 0 amide bonds. The second-order valence-corrected chi connectivity index (χ2v) is 2.38. The van der Waals surface area contributed by atoms with Crippen LogP contribution in [0.4, 0.5) is 0 Å². The fraction of sp³-hybridized carbons (Fsp3) is 0.500. The molecule has 0 radical (unpaired) electrons. The van der Waals surface area contributed by atoms with E-state index in [2.05, 4.69) is 10.6 Å². The summed E-state index contributed by atoms with van der Waals surface area (Å²) in [6.45, 7) is 0.654. The van der Waals surface area contributed by atoms with E-state index in [1.165, 1.54) is 0 Å². The first-order valence-corrected chi connectivity index (χ1v) is 3.35. The summed E-state index contributed by atoms with van der Waals surface area (Å²) in [7, 11) is 0. The predicted molar refractivity (Wildman–Crippen MR) is 39.4 cm³/mol. The van der Waals surface area contributed by atoms with Crippen LogP contribution in [0.25, 0.3) is 0 Å². The van der Waals surface area contributed by atoms with E-state index < -0.39 is 12.0 Å². The van der Waals surface area contributed by atoms with Crippen LogP contribution in [0.1, 0.15) is 6.42 Å². The number of carboxylic acid groups (broad SMARTS) is 1. The maximum atomic E-state index is 10.3. The van der Waals surface area contributed by atoms with Gasteiger partial charge in [0, 0.05) is 18.3 Å². The van der Waals surface area contributed by atoms with Crippen LogP contribution in [0.2, 0.25) is 0 Å². The molecule has 5 N–H and O–H groups in total. The first-order chi connectivity index (χ1) is 5.20. The minimum Gasteiger partial charge on any atom is -0.480 e. The molecule has 1 aliphatic heterocycles. The largest absolute Gasteiger partial charge is 0.480 e. The number of carbonyl (C=O) groups is 1. The molecular weight excluding hydrogens is 146 g/mol. The minimum absolute atomic E-state index is 0.350. The van der Waals surface area contributed by atoms with Gasteiger partial charge in [0.2, 0.25) is 0 Å². The van der Waals surface area contributed by atoms with Crippen LogP contribution in [-0.4, -0.2) is 23.8 Å². The SMILES string of the molecule is N[C@@H](CC1=CNCN1)C(=O)O. The van der Waals surface area contributed by atoms with E-state index in [9.17, 15) is 4.79 Å². The van der Waals surface area contributed by atoms with Gasteiger partial charge in [0.1, 0.15) is 6.04 Å². The third kappa shape index (κ3) is 2.12. The Labute approximate surface area is 64.3 Å². The van der Waals surface area contributed by atoms with Gasteiger partial charge in [0.05, 0.1) is 6.67 Å². The molecular formula is C6H11N3O2. The minimum atomic E-state index is -0.973. The van der Waals surface area contributed by atoms with Gasteiger partial charge < -0.3 is 21.5 Å². The molecule has 0 aromatic rings. The van der Waals surface area contributed by atoms with Crippen molar-refractivity contribution in [3.63, 3.8) is 0 Å². The van der Waals surface area contributed by atoms with E-state index in [4.69, 9.17) is 10.8 Å². The molecule has 11 heavy (non-hydrogen) atoms. The molecule has 0 aliphatic carbocycles. The molecule has 1 heterocycles. The molecule has 0 fully saturated rings. The summed E-state index contributed by atoms with van der Waals surface area (Å²) in [5, 5.41) is 14.3. The summed E-state index contributed by atoms with van der Waals surface area (Å²) in [4.78, 5) is 10.3. The van der Waals surface area contributed by atoms with E-state index in [0.29, 0.717) is 13.1 Å². The Kier molecular flexibility index (Phi) is 2.32. The van der Waals surface area contributed by atoms with Crippen molar-refractivity contribution in [1.29, 1.82) is 0 Å². The standard InChI is InChI=1S/C6H11N3O2/c7-5(6(10)11)1-4-2-8-3-9-4/h2,5,8-9H,1,3,7H2,(H,10,11)/t5-/m0/s1. The lowest BCUT2D eigenvalue weighted by Gasteiger charge is -2.06. The molecule has 0 bridgehead atoms. The molecule has 1 atom stereocenters. The molecule has 0 unspecified atom stereocenters. The third-order valence-electron chi connectivity index (χ3n) is 1.45. The van der Waals surface area contributed by atoms with Crippen LogP contribution in [0.3, 0.4) is 0 Å². The van der Waals surface area contributed by atoms with Gasteiger partial charge in [-0.2, -0.15) is 0 Å². The zero-order valence-electron chi connectivity index (χ0n) is 6.00. The van der Waals surface area contributed by atoms with Crippen molar-refractivity contribution >= 4 is 5.97 Å². The smallest absolute Gasteiger partial charge is 0.320 e. The van der Waals surface area contributed by atoms with E-state index >= 15 is 0 Å². The molecule has 0 aromatic carbocycles. The van der Waals surface area contributed by atoms with Crippen LogP contribution in [0.5, 0.6) is 0 Å². The van der Waals surface area contributed by atoms with Crippen LogP contribution in [-0.2, 0) is 4.79 Å². The lowest BCUT2D eigenvalue weighted by molar-refractivity contribution is -0.138. The molecule has 0 saturated heterocycles. The van der Waals surface area contributed by atoms with E-state index in [1.807, 2.05) is 0 Å². The van der Waals surface area contributed by atoms with Gasteiger partial charge in [-0.1, -0.05) is 0 Å². The maximum absolute atomic E-state index is 10.3. The lowest BCUT2D eigenvalue weighted by Crippen LogP contribution is -2.32. The summed E-state index contributed by atoms with van der Waals surface area (Å²) in [6.07, 6.45) is 2.09. The number of carboxylic acids is 1. The Morgan fingerprint density at radius 3 is 3.09 bits per heavy atom. The molecule has 1 rings (SSSR count). The van der Waals surface area contributed by atoms with E-state index in [0.717, 1.165) is 5.70 Å². The predicted octanol–water partition coefficient (Wildman–Crippen LogP) is -1.22. The van der Waals surface area contributed by atoms with Gasteiger partial charge in [-0.15, -0.1) is 0 Å². The normalized spacial score (nSPS) is 18.1. The molecule has 5 heteroatoms. The first-order valence-electron chi connectivity index (χ1n) is 3.35. The number of nitrogens with one attached hydrogen (secondary N) is 2.